The highest BCUT2D eigenvalue weighted by atomic mass is 15.3. The van der Waals surface area contributed by atoms with Crippen molar-refractivity contribution in [2.75, 3.05) is 37.6 Å². The van der Waals surface area contributed by atoms with Crippen LogP contribution in [0.2, 0.25) is 0 Å². The number of piperidine rings is 1. The molecule has 2 unspecified atom stereocenters. The van der Waals surface area contributed by atoms with Crippen LogP contribution >= 0.6 is 0 Å². The van der Waals surface area contributed by atoms with Crippen molar-refractivity contribution < 1.29 is 0 Å². The smallest absolute Gasteiger partial charge is 0.191 e. The Morgan fingerprint density at radius 2 is 2.00 bits per heavy atom. The third-order valence-electron chi connectivity index (χ3n) is 6.35. The van der Waals surface area contributed by atoms with Crippen LogP contribution < -0.4 is 15.5 Å². The summed E-state index contributed by atoms with van der Waals surface area (Å²) in [5, 5.41) is 11.5. The van der Waals surface area contributed by atoms with Gasteiger partial charge >= 0.3 is 0 Å². The minimum absolute atomic E-state index is 0.399. The van der Waals surface area contributed by atoms with Crippen LogP contribution in [0.25, 0.3) is 0 Å². The predicted molar refractivity (Wildman–Crippen MR) is 127 cm³/mol. The number of nitrogens with one attached hydrogen (secondary N) is 2. The van der Waals surface area contributed by atoms with Crippen molar-refractivity contribution in [2.45, 2.75) is 51.2 Å². The number of aryl methyl sites for hydroxylation is 1. The highest BCUT2D eigenvalue weighted by molar-refractivity contribution is 5.80. The zero-order valence-corrected chi connectivity index (χ0v) is 19.0. The monoisotopic (exact) mass is 423 g/mol. The van der Waals surface area contributed by atoms with Crippen LogP contribution in [0, 0.1) is 0 Å². The summed E-state index contributed by atoms with van der Waals surface area (Å²) in [5.74, 6) is 0.951. The van der Waals surface area contributed by atoms with E-state index >= 15 is 0 Å². The molecule has 2 atom stereocenters. The lowest BCUT2D eigenvalue weighted by atomic mass is 10.1. The Labute approximate surface area is 186 Å². The lowest BCUT2D eigenvalue weighted by Gasteiger charge is -2.34. The Kier molecular flexibility index (Phi) is 7.46. The fourth-order valence-electron chi connectivity index (χ4n) is 4.74. The van der Waals surface area contributed by atoms with Gasteiger partial charge in [0.25, 0.3) is 0 Å². The fraction of sp³-hybridized carbons (Fsp3) is 0.583. The fourth-order valence-corrected chi connectivity index (χ4v) is 4.74. The van der Waals surface area contributed by atoms with Gasteiger partial charge in [-0.1, -0.05) is 30.3 Å². The highest BCUT2D eigenvalue weighted by Crippen LogP contribution is 2.21. The largest absolute Gasteiger partial charge is 0.367 e. The minimum Gasteiger partial charge on any atom is -0.367 e. The first-order valence-corrected chi connectivity index (χ1v) is 11.8. The van der Waals surface area contributed by atoms with Crippen LogP contribution in [0.5, 0.6) is 0 Å². The standard InChI is InChI=1S/C24H37N7/c1-3-25-24(28-21-11-7-13-31(18-21)23-16-27-29(2)19-23)26-15-22-12-8-14-30(22)17-20-9-5-4-6-10-20/h4-6,9-10,16,19,21-22H,3,7-8,11-15,17-18H2,1-2H3,(H2,25,26,28). The molecule has 168 valence electrons. The van der Waals surface area contributed by atoms with Crippen molar-refractivity contribution in [2.24, 2.45) is 12.0 Å². The third-order valence-corrected chi connectivity index (χ3v) is 6.35. The third kappa shape index (κ3) is 6.00. The molecular weight excluding hydrogens is 386 g/mol. The number of benzene rings is 1. The average Bonchev–Trinajstić information content (AvgIpc) is 3.42. The second kappa shape index (κ2) is 10.7. The van der Waals surface area contributed by atoms with Crippen molar-refractivity contribution in [1.82, 2.24) is 25.3 Å². The van der Waals surface area contributed by atoms with Crippen molar-refractivity contribution in [3.63, 3.8) is 0 Å². The zero-order valence-electron chi connectivity index (χ0n) is 19.0. The number of hydrogen-bond acceptors (Lipinski definition) is 4. The van der Waals surface area contributed by atoms with Gasteiger partial charge < -0.3 is 15.5 Å². The van der Waals surface area contributed by atoms with E-state index in [-0.39, 0.29) is 0 Å². The molecule has 1 aromatic carbocycles. The minimum atomic E-state index is 0.399. The molecule has 1 aromatic heterocycles. The summed E-state index contributed by atoms with van der Waals surface area (Å²) in [6, 6.07) is 11.7. The van der Waals surface area contributed by atoms with E-state index in [2.05, 4.69) is 69.0 Å². The van der Waals surface area contributed by atoms with Gasteiger partial charge in [0.1, 0.15) is 0 Å². The lowest BCUT2D eigenvalue weighted by Crippen LogP contribution is -2.51. The molecule has 2 aliphatic rings. The summed E-state index contributed by atoms with van der Waals surface area (Å²) in [5.41, 5.74) is 2.60. The molecule has 2 aromatic rings. The summed E-state index contributed by atoms with van der Waals surface area (Å²) in [6.07, 6.45) is 8.91. The van der Waals surface area contributed by atoms with Crippen LogP contribution in [-0.4, -0.2) is 65.4 Å². The molecule has 4 rings (SSSR count). The number of nitrogens with zero attached hydrogens (tertiary/aromatic N) is 5. The Bertz CT molecular complexity index is 831. The second-order valence-electron chi connectivity index (χ2n) is 8.77. The van der Waals surface area contributed by atoms with Gasteiger partial charge in [-0.2, -0.15) is 5.10 Å². The Morgan fingerprint density at radius 1 is 1.16 bits per heavy atom. The molecule has 0 saturated carbocycles. The van der Waals surface area contributed by atoms with E-state index in [0.717, 1.165) is 38.7 Å². The quantitative estimate of drug-likeness (QED) is 0.530. The second-order valence-corrected chi connectivity index (χ2v) is 8.77. The molecule has 2 aliphatic heterocycles. The molecule has 0 radical (unpaired) electrons. The first-order chi connectivity index (χ1) is 15.2. The highest BCUT2D eigenvalue weighted by Gasteiger charge is 2.25. The molecule has 0 bridgehead atoms. The number of rotatable bonds is 7. The van der Waals surface area contributed by atoms with Gasteiger partial charge in [0.2, 0.25) is 0 Å². The predicted octanol–water partition coefficient (Wildman–Crippen LogP) is 2.61. The van der Waals surface area contributed by atoms with Gasteiger partial charge in [0, 0.05) is 51.5 Å². The normalized spacial score (nSPS) is 22.6. The van der Waals surface area contributed by atoms with Crippen LogP contribution in [0.1, 0.15) is 38.2 Å². The number of likely N-dealkylation sites (tertiary alicyclic amines) is 1. The summed E-state index contributed by atoms with van der Waals surface area (Å²) >= 11 is 0. The average molecular weight is 424 g/mol. The van der Waals surface area contributed by atoms with E-state index in [0.29, 0.717) is 12.1 Å². The Balaban J connectivity index is 1.34. The molecule has 2 fully saturated rings. The molecule has 2 saturated heterocycles. The molecule has 7 heteroatoms. The maximum absolute atomic E-state index is 5.00. The van der Waals surface area contributed by atoms with E-state index in [1.54, 1.807) is 0 Å². The Hall–Kier alpha value is -2.54. The van der Waals surface area contributed by atoms with Gasteiger partial charge in [-0.15, -0.1) is 0 Å². The lowest BCUT2D eigenvalue weighted by molar-refractivity contribution is 0.250. The van der Waals surface area contributed by atoms with E-state index in [1.165, 1.54) is 43.5 Å². The number of guanidine groups is 1. The summed E-state index contributed by atoms with van der Waals surface area (Å²) < 4.78 is 1.88. The number of aromatic nitrogens is 2. The first-order valence-electron chi connectivity index (χ1n) is 11.8. The molecule has 31 heavy (non-hydrogen) atoms. The molecule has 7 nitrogen and oxygen atoms in total. The number of hydrogen-bond donors (Lipinski definition) is 2. The summed E-state index contributed by atoms with van der Waals surface area (Å²) in [6.45, 7) is 8.13. The van der Waals surface area contributed by atoms with Crippen LogP contribution in [0.4, 0.5) is 5.69 Å². The summed E-state index contributed by atoms with van der Waals surface area (Å²) in [4.78, 5) is 10.0. The van der Waals surface area contributed by atoms with Crippen molar-refractivity contribution in [3.8, 4) is 0 Å². The molecule has 3 heterocycles. The summed E-state index contributed by atoms with van der Waals surface area (Å²) in [7, 11) is 1.98. The Morgan fingerprint density at radius 3 is 2.77 bits per heavy atom. The van der Waals surface area contributed by atoms with Crippen molar-refractivity contribution >= 4 is 11.6 Å². The molecule has 2 N–H and O–H groups in total. The number of aliphatic imine (C=N–C) groups is 1. The van der Waals surface area contributed by atoms with Crippen molar-refractivity contribution in [1.29, 1.82) is 0 Å². The molecule has 0 spiro atoms. The van der Waals surface area contributed by atoms with E-state index in [1.807, 2.05) is 17.9 Å². The number of anilines is 1. The van der Waals surface area contributed by atoms with Crippen LogP contribution in [0.15, 0.2) is 47.7 Å². The topological polar surface area (TPSA) is 60.7 Å². The van der Waals surface area contributed by atoms with Crippen LogP contribution in [-0.2, 0) is 13.6 Å². The first kappa shape index (κ1) is 21.7. The van der Waals surface area contributed by atoms with E-state index < -0.39 is 0 Å². The molecule has 0 aliphatic carbocycles. The van der Waals surface area contributed by atoms with E-state index in [9.17, 15) is 0 Å². The van der Waals surface area contributed by atoms with Crippen molar-refractivity contribution in [3.05, 3.63) is 48.3 Å². The molecular formula is C24H37N7. The van der Waals surface area contributed by atoms with Gasteiger partial charge in [0.15, 0.2) is 5.96 Å². The van der Waals surface area contributed by atoms with Gasteiger partial charge in [-0.25, -0.2) is 0 Å². The molecule has 0 amide bonds. The van der Waals surface area contributed by atoms with E-state index in [4.69, 9.17) is 4.99 Å². The maximum Gasteiger partial charge on any atom is 0.191 e. The van der Waals surface area contributed by atoms with Crippen LogP contribution in [0.3, 0.4) is 0 Å². The van der Waals surface area contributed by atoms with Gasteiger partial charge in [-0.3, -0.25) is 14.6 Å². The zero-order chi connectivity index (χ0) is 21.5. The maximum atomic E-state index is 5.00. The van der Waals surface area contributed by atoms with Gasteiger partial charge in [-0.05, 0) is 44.7 Å². The van der Waals surface area contributed by atoms with Gasteiger partial charge in [0.05, 0.1) is 18.4 Å². The SMILES string of the molecule is CCNC(=NCC1CCCN1Cc1ccccc1)NC1CCCN(c2cnn(C)c2)C1.